The van der Waals surface area contributed by atoms with Crippen molar-refractivity contribution in [3.63, 3.8) is 0 Å². The maximum absolute atomic E-state index is 12.1. The van der Waals surface area contributed by atoms with E-state index in [1.807, 2.05) is 0 Å². The highest BCUT2D eigenvalue weighted by Crippen LogP contribution is 2.36. The van der Waals surface area contributed by atoms with Crippen molar-refractivity contribution < 1.29 is 22.8 Å². The Morgan fingerprint density at radius 2 is 1.86 bits per heavy atom. The molecule has 1 aromatic rings. The first-order chi connectivity index (χ1) is 9.67. The van der Waals surface area contributed by atoms with E-state index in [9.17, 15) is 22.8 Å². The Kier molecular flexibility index (Phi) is 5.83. The van der Waals surface area contributed by atoms with Crippen LogP contribution in [-0.2, 0) is 9.59 Å². The minimum Gasteiger partial charge on any atom is -0.368 e. The molecule has 0 aliphatic heterocycles. The smallest absolute Gasteiger partial charge is 0.368 e. The highest BCUT2D eigenvalue weighted by atomic mass is 32.2. The molecule has 1 unspecified atom stereocenters. The van der Waals surface area contributed by atoms with Crippen LogP contribution < -0.4 is 11.1 Å². The molecule has 1 atom stereocenters. The molecule has 0 saturated carbocycles. The van der Waals surface area contributed by atoms with Crippen LogP contribution in [0, 0.1) is 0 Å². The molecule has 1 rings (SSSR count). The molecule has 0 aliphatic rings. The Labute approximate surface area is 123 Å². The van der Waals surface area contributed by atoms with Gasteiger partial charge in [0.15, 0.2) is 0 Å². The molecule has 4 nitrogen and oxygen atoms in total. The summed E-state index contributed by atoms with van der Waals surface area (Å²) in [7, 11) is 0. The van der Waals surface area contributed by atoms with Crippen LogP contribution in [0.4, 0.5) is 13.2 Å². The van der Waals surface area contributed by atoms with E-state index in [1.165, 1.54) is 43.3 Å². The SMILES string of the molecule is CC(NC(=O)C=Cc1ccc(SC(F)(F)F)cc1)C(N)=O. The highest BCUT2D eigenvalue weighted by molar-refractivity contribution is 8.00. The highest BCUT2D eigenvalue weighted by Gasteiger charge is 2.28. The Morgan fingerprint density at radius 3 is 2.33 bits per heavy atom. The second-order valence-corrected chi connectivity index (χ2v) is 5.22. The van der Waals surface area contributed by atoms with Gasteiger partial charge in [0.25, 0.3) is 0 Å². The quantitative estimate of drug-likeness (QED) is 0.646. The van der Waals surface area contributed by atoms with Crippen molar-refractivity contribution in [1.82, 2.24) is 5.32 Å². The zero-order valence-corrected chi connectivity index (χ0v) is 11.8. The van der Waals surface area contributed by atoms with Crippen LogP contribution in [0.3, 0.4) is 0 Å². The van der Waals surface area contributed by atoms with Crippen LogP contribution >= 0.6 is 11.8 Å². The largest absolute Gasteiger partial charge is 0.446 e. The summed E-state index contributed by atoms with van der Waals surface area (Å²) < 4.78 is 36.4. The van der Waals surface area contributed by atoms with Gasteiger partial charge in [-0.15, -0.1) is 0 Å². The summed E-state index contributed by atoms with van der Waals surface area (Å²) in [5.41, 5.74) is 1.21. The molecule has 0 heterocycles. The van der Waals surface area contributed by atoms with E-state index in [1.54, 1.807) is 0 Å². The first-order valence-corrected chi connectivity index (χ1v) is 6.63. The standard InChI is InChI=1S/C13H13F3N2O2S/c1-8(12(17)20)18-11(19)7-4-9-2-5-10(6-3-9)21-13(14,15)16/h2-8H,1H3,(H2,17,20)(H,18,19). The van der Waals surface area contributed by atoms with Gasteiger partial charge in [-0.25, -0.2) is 0 Å². The summed E-state index contributed by atoms with van der Waals surface area (Å²) >= 11 is -0.209. The maximum atomic E-state index is 12.1. The van der Waals surface area contributed by atoms with Crippen molar-refractivity contribution in [1.29, 1.82) is 0 Å². The lowest BCUT2D eigenvalue weighted by Crippen LogP contribution is -2.41. The van der Waals surface area contributed by atoms with Gasteiger partial charge in [0.2, 0.25) is 11.8 Å². The molecule has 3 N–H and O–H groups in total. The van der Waals surface area contributed by atoms with Crippen molar-refractivity contribution in [2.45, 2.75) is 23.4 Å². The molecule has 0 bridgehead atoms. The van der Waals surface area contributed by atoms with E-state index < -0.39 is 23.4 Å². The number of amides is 2. The summed E-state index contributed by atoms with van der Waals surface area (Å²) in [6.07, 6.45) is 2.59. The predicted octanol–water partition coefficient (Wildman–Crippen LogP) is 2.30. The molecule has 0 aliphatic carbocycles. The lowest BCUT2D eigenvalue weighted by molar-refractivity contribution is -0.124. The van der Waals surface area contributed by atoms with Gasteiger partial charge in [0.1, 0.15) is 6.04 Å². The van der Waals surface area contributed by atoms with Crippen LogP contribution in [0.5, 0.6) is 0 Å². The Balaban J connectivity index is 2.61. The van der Waals surface area contributed by atoms with Crippen LogP contribution in [0.15, 0.2) is 35.2 Å². The molecule has 21 heavy (non-hydrogen) atoms. The summed E-state index contributed by atoms with van der Waals surface area (Å²) in [6.45, 7) is 1.44. The van der Waals surface area contributed by atoms with Crippen LogP contribution in [0.2, 0.25) is 0 Å². The average Bonchev–Trinajstić information content (AvgIpc) is 2.36. The molecule has 0 aromatic heterocycles. The van der Waals surface area contributed by atoms with Crippen molar-refractivity contribution in [2.75, 3.05) is 0 Å². The first kappa shape index (κ1) is 17.1. The third-order valence-electron chi connectivity index (χ3n) is 2.33. The van der Waals surface area contributed by atoms with Crippen molar-refractivity contribution in [3.8, 4) is 0 Å². The Morgan fingerprint density at radius 1 is 1.29 bits per heavy atom. The lowest BCUT2D eigenvalue weighted by atomic mass is 10.2. The Bertz CT molecular complexity index is 541. The lowest BCUT2D eigenvalue weighted by Gasteiger charge is -2.07. The fourth-order valence-electron chi connectivity index (χ4n) is 1.29. The minimum atomic E-state index is -4.33. The third kappa shape index (κ3) is 6.84. The number of nitrogens with two attached hydrogens (primary N) is 1. The van der Waals surface area contributed by atoms with Gasteiger partial charge in [-0.1, -0.05) is 12.1 Å². The third-order valence-corrected chi connectivity index (χ3v) is 3.07. The fourth-order valence-corrected chi connectivity index (χ4v) is 1.82. The normalized spacial score (nSPS) is 13.1. The molecule has 114 valence electrons. The molecule has 0 saturated heterocycles. The number of alkyl halides is 3. The number of hydrogen-bond donors (Lipinski definition) is 2. The van der Waals surface area contributed by atoms with Gasteiger partial charge in [0.05, 0.1) is 0 Å². The summed E-state index contributed by atoms with van der Waals surface area (Å²) in [6, 6.07) is 4.72. The van der Waals surface area contributed by atoms with Crippen molar-refractivity contribution in [2.24, 2.45) is 5.73 Å². The number of rotatable bonds is 5. The van der Waals surface area contributed by atoms with E-state index in [4.69, 9.17) is 5.73 Å². The zero-order valence-electron chi connectivity index (χ0n) is 11.0. The van der Waals surface area contributed by atoms with E-state index >= 15 is 0 Å². The molecule has 0 spiro atoms. The van der Waals surface area contributed by atoms with E-state index in [2.05, 4.69) is 5.32 Å². The number of benzene rings is 1. The molecule has 8 heteroatoms. The number of nitrogens with one attached hydrogen (secondary N) is 1. The molecule has 2 amide bonds. The van der Waals surface area contributed by atoms with Gasteiger partial charge in [-0.2, -0.15) is 13.2 Å². The Hall–Kier alpha value is -1.96. The van der Waals surface area contributed by atoms with Gasteiger partial charge in [-0.05, 0) is 42.5 Å². The average molecular weight is 318 g/mol. The summed E-state index contributed by atoms with van der Waals surface area (Å²) in [4.78, 5) is 22.2. The number of hydrogen-bond acceptors (Lipinski definition) is 3. The second-order valence-electron chi connectivity index (χ2n) is 4.08. The molecular formula is C13H13F3N2O2S. The summed E-state index contributed by atoms with van der Waals surface area (Å²) in [5.74, 6) is -1.18. The number of primary amides is 1. The van der Waals surface area contributed by atoms with Crippen LogP contribution in [0.1, 0.15) is 12.5 Å². The zero-order chi connectivity index (χ0) is 16.0. The molecule has 1 aromatic carbocycles. The van der Waals surface area contributed by atoms with Crippen LogP contribution in [-0.4, -0.2) is 23.4 Å². The van der Waals surface area contributed by atoms with Gasteiger partial charge in [-0.3, -0.25) is 9.59 Å². The fraction of sp³-hybridized carbons (Fsp3) is 0.231. The summed E-state index contributed by atoms with van der Waals surface area (Å²) in [5, 5.41) is 2.34. The number of carbonyl (C=O) groups excluding carboxylic acids is 2. The topological polar surface area (TPSA) is 72.2 Å². The molecular weight excluding hydrogens is 305 g/mol. The number of carbonyl (C=O) groups is 2. The van der Waals surface area contributed by atoms with E-state index in [0.717, 1.165) is 0 Å². The molecule has 0 radical (unpaired) electrons. The van der Waals surface area contributed by atoms with Crippen LogP contribution in [0.25, 0.3) is 6.08 Å². The first-order valence-electron chi connectivity index (χ1n) is 5.81. The van der Waals surface area contributed by atoms with E-state index in [0.29, 0.717) is 5.56 Å². The van der Waals surface area contributed by atoms with Gasteiger partial charge in [0, 0.05) is 11.0 Å². The number of thioether (sulfide) groups is 1. The maximum Gasteiger partial charge on any atom is 0.446 e. The number of halogens is 3. The van der Waals surface area contributed by atoms with E-state index in [-0.39, 0.29) is 16.7 Å². The van der Waals surface area contributed by atoms with Gasteiger partial charge >= 0.3 is 5.51 Å². The van der Waals surface area contributed by atoms with Crippen molar-refractivity contribution >= 4 is 29.7 Å². The van der Waals surface area contributed by atoms with Gasteiger partial charge < -0.3 is 11.1 Å². The second kappa shape index (κ2) is 7.16. The molecule has 0 fully saturated rings. The monoisotopic (exact) mass is 318 g/mol. The minimum absolute atomic E-state index is 0.0615. The predicted molar refractivity (Wildman–Crippen MR) is 74.2 cm³/mol. The van der Waals surface area contributed by atoms with Crippen molar-refractivity contribution in [3.05, 3.63) is 35.9 Å².